The summed E-state index contributed by atoms with van der Waals surface area (Å²) in [6.45, 7) is 8.18. The highest BCUT2D eigenvalue weighted by molar-refractivity contribution is 7.19. The van der Waals surface area contributed by atoms with Crippen LogP contribution in [-0.2, 0) is 4.65 Å². The Hall–Kier alpha value is 0.520. The standard InChI is InChI=1S/C6H14B2OP/c1-5(2,9-8-7)6(3,4)10/h10H2,1-4H3. The van der Waals surface area contributed by atoms with Gasteiger partial charge in [0.1, 0.15) is 0 Å². The van der Waals surface area contributed by atoms with Crippen molar-refractivity contribution in [2.24, 2.45) is 0 Å². The summed E-state index contributed by atoms with van der Waals surface area (Å²) in [6.07, 6.45) is 0. The molecule has 4 heteroatoms. The van der Waals surface area contributed by atoms with Crippen LogP contribution in [0, 0.1) is 0 Å². The molecule has 0 fully saturated rings. The van der Waals surface area contributed by atoms with Crippen LogP contribution >= 0.6 is 9.24 Å². The van der Waals surface area contributed by atoms with Crippen LogP contribution in [-0.4, -0.2) is 25.9 Å². The van der Waals surface area contributed by atoms with Gasteiger partial charge in [0.25, 0.3) is 0 Å². The summed E-state index contributed by atoms with van der Waals surface area (Å²) >= 11 is 0. The van der Waals surface area contributed by atoms with Gasteiger partial charge < -0.3 is 4.65 Å². The van der Waals surface area contributed by atoms with Crippen LogP contribution in [0.4, 0.5) is 0 Å². The Balaban J connectivity index is 4.10. The zero-order chi connectivity index (χ0) is 8.41. The first-order valence-electron chi connectivity index (χ1n) is 3.31. The van der Waals surface area contributed by atoms with Crippen molar-refractivity contribution in [3.63, 3.8) is 0 Å². The molecule has 1 nitrogen and oxygen atoms in total. The van der Waals surface area contributed by atoms with E-state index in [-0.39, 0.29) is 10.8 Å². The molecule has 1 unspecified atom stereocenters. The molecule has 0 aromatic rings. The lowest BCUT2D eigenvalue weighted by Gasteiger charge is -2.39. The Morgan fingerprint density at radius 2 is 1.70 bits per heavy atom. The Labute approximate surface area is 68.2 Å². The fourth-order valence-electron chi connectivity index (χ4n) is 0.322. The first kappa shape index (κ1) is 10.5. The van der Waals surface area contributed by atoms with E-state index >= 15 is 0 Å². The molecule has 0 rings (SSSR count). The zero-order valence-electron chi connectivity index (χ0n) is 7.14. The fourth-order valence-corrected chi connectivity index (χ4v) is 0.390. The summed E-state index contributed by atoms with van der Waals surface area (Å²) in [5.74, 6) is 0. The van der Waals surface area contributed by atoms with Gasteiger partial charge in [-0.15, -0.1) is 9.24 Å². The minimum Gasteiger partial charge on any atom is -0.447 e. The predicted octanol–water partition coefficient (Wildman–Crippen LogP) is 1.14. The van der Waals surface area contributed by atoms with Crippen LogP contribution in [0.2, 0.25) is 0 Å². The van der Waals surface area contributed by atoms with E-state index in [0.29, 0.717) is 0 Å². The Morgan fingerprint density at radius 3 is 1.80 bits per heavy atom. The lowest BCUT2D eigenvalue weighted by Crippen LogP contribution is -2.43. The third kappa shape index (κ3) is 2.64. The van der Waals surface area contributed by atoms with Gasteiger partial charge in [0, 0.05) is 5.16 Å². The van der Waals surface area contributed by atoms with Gasteiger partial charge in [-0.1, -0.05) is 13.8 Å². The van der Waals surface area contributed by atoms with Crippen molar-refractivity contribution in [3.8, 4) is 0 Å². The van der Waals surface area contributed by atoms with Gasteiger partial charge in [-0.05, 0) is 13.8 Å². The van der Waals surface area contributed by atoms with Gasteiger partial charge in [0.15, 0.2) is 0 Å². The van der Waals surface area contributed by atoms with Crippen molar-refractivity contribution in [1.29, 1.82) is 0 Å². The molecule has 0 saturated carbocycles. The summed E-state index contributed by atoms with van der Waals surface area (Å²) < 4.78 is 5.23. The second kappa shape index (κ2) is 3.28. The molecular formula is C6H14B2OP. The van der Waals surface area contributed by atoms with Gasteiger partial charge >= 0.3 is 0 Å². The van der Waals surface area contributed by atoms with E-state index in [0.717, 1.165) is 0 Å². The van der Waals surface area contributed by atoms with Crippen molar-refractivity contribution >= 4 is 24.3 Å². The average Bonchev–Trinajstić information content (AvgIpc) is 1.61. The SMILES string of the molecule is [B][B]OC(C)(C)C(C)(C)P. The molecule has 0 aromatic carbocycles. The highest BCUT2D eigenvalue weighted by Gasteiger charge is 2.32. The van der Waals surface area contributed by atoms with Crippen LogP contribution in [0.1, 0.15) is 27.7 Å². The Bertz CT molecular complexity index is 109. The zero-order valence-corrected chi connectivity index (χ0v) is 8.29. The maximum Gasteiger partial charge on any atom is 0.231 e. The molecule has 0 amide bonds. The van der Waals surface area contributed by atoms with Crippen molar-refractivity contribution < 1.29 is 4.65 Å². The van der Waals surface area contributed by atoms with Crippen LogP contribution in [0.15, 0.2) is 0 Å². The van der Waals surface area contributed by atoms with Gasteiger partial charge in [0.2, 0.25) is 7.37 Å². The fraction of sp³-hybridized carbons (Fsp3) is 1.00. The molecule has 1 atom stereocenters. The molecule has 0 saturated heterocycles. The lowest BCUT2D eigenvalue weighted by atomic mass is 9.71. The molecular weight excluding hydrogens is 141 g/mol. The highest BCUT2D eigenvalue weighted by Crippen LogP contribution is 2.32. The maximum absolute atomic E-state index is 5.23. The molecule has 0 spiro atoms. The largest absolute Gasteiger partial charge is 0.447 e. The van der Waals surface area contributed by atoms with Crippen LogP contribution in [0.5, 0.6) is 0 Å². The summed E-state index contributed by atoms with van der Waals surface area (Å²) in [4.78, 5) is 0. The molecule has 10 heavy (non-hydrogen) atoms. The van der Waals surface area contributed by atoms with Gasteiger partial charge in [-0.3, -0.25) is 0 Å². The minimum absolute atomic E-state index is 0.0306. The Morgan fingerprint density at radius 1 is 1.30 bits per heavy atom. The number of hydrogen-bond acceptors (Lipinski definition) is 1. The molecule has 3 radical (unpaired) electrons. The number of rotatable bonds is 3. The molecule has 0 bridgehead atoms. The predicted molar refractivity (Wildman–Crippen MR) is 50.5 cm³/mol. The maximum atomic E-state index is 5.23. The Kier molecular flexibility index (Phi) is 3.45. The summed E-state index contributed by atoms with van der Waals surface area (Å²) in [5, 5.41) is 0.0306. The van der Waals surface area contributed by atoms with Crippen LogP contribution in [0.25, 0.3) is 0 Å². The monoisotopic (exact) mass is 155 g/mol. The van der Waals surface area contributed by atoms with Gasteiger partial charge in [-0.2, -0.15) is 0 Å². The minimum atomic E-state index is -0.230. The van der Waals surface area contributed by atoms with E-state index in [1.807, 2.05) is 13.8 Å². The van der Waals surface area contributed by atoms with Crippen molar-refractivity contribution in [3.05, 3.63) is 0 Å². The topological polar surface area (TPSA) is 9.23 Å². The van der Waals surface area contributed by atoms with E-state index in [2.05, 4.69) is 23.1 Å². The van der Waals surface area contributed by atoms with Gasteiger partial charge in [0.05, 0.1) is 13.3 Å². The van der Waals surface area contributed by atoms with E-state index in [4.69, 9.17) is 12.4 Å². The highest BCUT2D eigenvalue weighted by atomic mass is 31.0. The smallest absolute Gasteiger partial charge is 0.231 e. The molecule has 0 N–H and O–H groups in total. The first-order chi connectivity index (χ1) is 4.31. The third-order valence-electron chi connectivity index (χ3n) is 1.91. The molecule has 0 aromatic heterocycles. The van der Waals surface area contributed by atoms with E-state index in [1.54, 1.807) is 0 Å². The molecule has 0 aliphatic carbocycles. The molecule has 0 aliphatic heterocycles. The second-order valence-electron chi connectivity index (χ2n) is 3.49. The summed E-state index contributed by atoms with van der Waals surface area (Å²) in [7, 11) is 9.13. The summed E-state index contributed by atoms with van der Waals surface area (Å²) in [6, 6.07) is 0. The van der Waals surface area contributed by atoms with E-state index in [9.17, 15) is 0 Å². The quantitative estimate of drug-likeness (QED) is 0.438. The number of hydrogen-bond donors (Lipinski definition) is 0. The lowest BCUT2D eigenvalue weighted by molar-refractivity contribution is 0.0857. The second-order valence-corrected chi connectivity index (χ2v) is 4.93. The van der Waals surface area contributed by atoms with Crippen molar-refractivity contribution in [2.75, 3.05) is 0 Å². The van der Waals surface area contributed by atoms with Gasteiger partial charge in [-0.25, -0.2) is 0 Å². The van der Waals surface area contributed by atoms with Crippen LogP contribution in [0.3, 0.4) is 0 Å². The third-order valence-corrected chi connectivity index (χ3v) is 2.61. The van der Waals surface area contributed by atoms with Crippen molar-refractivity contribution in [2.45, 2.75) is 38.5 Å². The van der Waals surface area contributed by atoms with E-state index < -0.39 is 0 Å². The van der Waals surface area contributed by atoms with Crippen LogP contribution < -0.4 is 0 Å². The molecule has 0 aliphatic rings. The normalized spacial score (nSPS) is 13.3. The average molecular weight is 155 g/mol. The molecule has 0 heterocycles. The summed E-state index contributed by atoms with van der Waals surface area (Å²) in [5.41, 5.74) is -0.230. The molecule has 55 valence electrons. The van der Waals surface area contributed by atoms with E-state index in [1.165, 1.54) is 7.37 Å². The van der Waals surface area contributed by atoms with Crippen molar-refractivity contribution in [1.82, 2.24) is 0 Å². The first-order valence-corrected chi connectivity index (χ1v) is 3.89.